The van der Waals surface area contributed by atoms with Gasteiger partial charge in [0.05, 0.1) is 30.2 Å². The number of hydrogen-bond donors (Lipinski definition) is 5. The number of nitrogens with one attached hydrogen (secondary N) is 4. The van der Waals surface area contributed by atoms with Crippen LogP contribution in [0.15, 0.2) is 84.9 Å². The summed E-state index contributed by atoms with van der Waals surface area (Å²) in [6.07, 6.45) is 4.26. The molecular formula is C44H53N7O10. The lowest BCUT2D eigenvalue weighted by Crippen LogP contribution is -2.58. The van der Waals surface area contributed by atoms with Crippen LogP contribution in [0.3, 0.4) is 0 Å². The van der Waals surface area contributed by atoms with Gasteiger partial charge in [-0.05, 0) is 42.4 Å². The van der Waals surface area contributed by atoms with E-state index in [-0.39, 0.29) is 37.5 Å². The summed E-state index contributed by atoms with van der Waals surface area (Å²) < 4.78 is 6.21. The second-order valence-corrected chi connectivity index (χ2v) is 15.3. The Morgan fingerprint density at radius 3 is 2.18 bits per heavy atom. The van der Waals surface area contributed by atoms with Crippen LogP contribution in [0.1, 0.15) is 92.2 Å². The van der Waals surface area contributed by atoms with Gasteiger partial charge in [0, 0.05) is 19.0 Å². The summed E-state index contributed by atoms with van der Waals surface area (Å²) in [5.74, 6) is -6.21. The second-order valence-electron chi connectivity index (χ2n) is 15.3. The number of Topliss-reactive ketones (excluding diaryl/α,β-unsaturated/α-hetero) is 1. The van der Waals surface area contributed by atoms with E-state index >= 15 is 0 Å². The summed E-state index contributed by atoms with van der Waals surface area (Å²) in [7, 11) is 0. The number of nitro groups is 1. The van der Waals surface area contributed by atoms with Gasteiger partial charge in [0.1, 0.15) is 23.7 Å². The summed E-state index contributed by atoms with van der Waals surface area (Å²) in [4.78, 5) is 107. The molecule has 0 aromatic heterocycles. The van der Waals surface area contributed by atoms with Crippen LogP contribution in [-0.2, 0) is 40.1 Å². The zero-order chi connectivity index (χ0) is 43.9. The van der Waals surface area contributed by atoms with Crippen LogP contribution >= 0.6 is 0 Å². The fourth-order valence-corrected chi connectivity index (χ4v) is 7.80. The van der Waals surface area contributed by atoms with Gasteiger partial charge in [0.2, 0.25) is 29.4 Å². The van der Waals surface area contributed by atoms with Crippen LogP contribution in [0.4, 0.5) is 5.69 Å². The fraction of sp³-hybridized carbons (Fsp3) is 0.432. The molecule has 17 heteroatoms. The van der Waals surface area contributed by atoms with Gasteiger partial charge in [-0.15, -0.1) is 0 Å². The summed E-state index contributed by atoms with van der Waals surface area (Å²) in [6.45, 7) is 1.35. The number of carbonyl (C=O) groups is 7. The van der Waals surface area contributed by atoms with Crippen molar-refractivity contribution in [3.05, 3.63) is 112 Å². The van der Waals surface area contributed by atoms with E-state index in [1.165, 1.54) is 29.2 Å². The van der Waals surface area contributed by atoms with E-state index in [9.17, 15) is 43.7 Å². The van der Waals surface area contributed by atoms with E-state index in [0.29, 0.717) is 31.2 Å². The molecule has 5 rings (SSSR count). The molecule has 0 bridgehead atoms. The molecule has 6 N–H and O–H groups in total. The fourth-order valence-electron chi connectivity index (χ4n) is 7.80. The van der Waals surface area contributed by atoms with E-state index in [2.05, 4.69) is 21.3 Å². The van der Waals surface area contributed by atoms with Crippen molar-refractivity contribution in [2.75, 3.05) is 13.1 Å². The number of amides is 6. The molecule has 3 aromatic rings. The number of hydrogen-bond acceptors (Lipinski definition) is 10. The molecule has 1 saturated carbocycles. The minimum atomic E-state index is -1.33. The maximum atomic E-state index is 14.8. The number of para-hydroxylation sites is 1. The lowest BCUT2D eigenvalue weighted by molar-refractivity contribution is -0.385. The lowest BCUT2D eigenvalue weighted by Gasteiger charge is -2.34. The van der Waals surface area contributed by atoms with Crippen LogP contribution in [0, 0.1) is 16.0 Å². The molecule has 17 nitrogen and oxygen atoms in total. The number of unbranched alkanes of at least 4 members (excludes halogenated alkanes) is 1. The third-order valence-corrected chi connectivity index (χ3v) is 11.0. The number of benzene rings is 3. The number of ether oxygens (including phenoxy) is 1. The maximum absolute atomic E-state index is 14.8. The molecule has 5 atom stereocenters. The second kappa shape index (κ2) is 22.2. The first-order valence-corrected chi connectivity index (χ1v) is 20.6. The predicted octanol–water partition coefficient (Wildman–Crippen LogP) is 3.16. The Bertz CT molecular complexity index is 2040. The molecule has 1 heterocycles. The highest BCUT2D eigenvalue weighted by Gasteiger charge is 2.45. The normalized spacial score (nSPS) is 17.9. The molecule has 61 heavy (non-hydrogen) atoms. The van der Waals surface area contributed by atoms with Crippen LogP contribution in [0.25, 0.3) is 0 Å². The van der Waals surface area contributed by atoms with Gasteiger partial charge in [0.15, 0.2) is 0 Å². The van der Waals surface area contributed by atoms with E-state index in [0.717, 1.165) is 24.8 Å². The molecule has 0 radical (unpaired) electrons. The number of carbonyl (C=O) groups excluding carboxylic acids is 7. The summed E-state index contributed by atoms with van der Waals surface area (Å²) in [5.41, 5.74) is 6.15. The molecular weight excluding hydrogens is 787 g/mol. The van der Waals surface area contributed by atoms with Gasteiger partial charge >= 0.3 is 0 Å². The number of ketones is 1. The topological polar surface area (TPSA) is 249 Å². The Balaban J connectivity index is 1.34. The van der Waals surface area contributed by atoms with Crippen molar-refractivity contribution in [2.24, 2.45) is 11.7 Å². The van der Waals surface area contributed by atoms with E-state index in [4.69, 9.17) is 10.5 Å². The average molecular weight is 840 g/mol. The number of primary amides is 1. The molecule has 2 fully saturated rings. The predicted molar refractivity (Wildman–Crippen MR) is 222 cm³/mol. The van der Waals surface area contributed by atoms with Crippen LogP contribution in [-0.4, -0.2) is 88.4 Å². The summed E-state index contributed by atoms with van der Waals surface area (Å²) >= 11 is 0. The summed E-state index contributed by atoms with van der Waals surface area (Å²) in [5, 5.41) is 22.0. The van der Waals surface area contributed by atoms with Gasteiger partial charge in [-0.25, -0.2) is 0 Å². The van der Waals surface area contributed by atoms with Gasteiger partial charge < -0.3 is 36.6 Å². The third kappa shape index (κ3) is 12.5. The van der Waals surface area contributed by atoms with E-state index in [1.807, 2.05) is 37.3 Å². The maximum Gasteiger partial charge on any atom is 0.290 e. The Kier molecular flexibility index (Phi) is 16.6. The van der Waals surface area contributed by atoms with Gasteiger partial charge in [0.25, 0.3) is 17.5 Å². The lowest BCUT2D eigenvalue weighted by atomic mass is 9.83. The van der Waals surface area contributed by atoms with Crippen LogP contribution in [0.2, 0.25) is 0 Å². The molecule has 3 aromatic carbocycles. The highest BCUT2D eigenvalue weighted by molar-refractivity contribution is 6.38. The number of likely N-dealkylation sites (tertiary alicyclic amines) is 1. The first-order chi connectivity index (χ1) is 29.4. The monoisotopic (exact) mass is 839 g/mol. The van der Waals surface area contributed by atoms with Crippen molar-refractivity contribution in [2.45, 2.75) is 102 Å². The quantitative estimate of drug-likeness (QED) is 0.0632. The standard InChI is InChI=1S/C44H53N7O10/c1-2-3-22-33(39(53)43(57)46-25-36(52)48-37(40(45)54)29-17-9-5-10-18-29)47-42(56)35-24-31(61-27-28-15-7-4-8-16-28)26-50(35)44(58)38(30-19-11-6-12-20-30)49-41(55)32-21-13-14-23-34(32)51(59)60/h4-5,7-10,13-18,21,23,30-31,33,35,37-38H,2-3,6,11-12,19-20,22,24-27H2,1H3,(H2,45,54)(H,46,57)(H,47,56)(H,48,52)(H,49,55). The number of nitrogens with two attached hydrogens (primary N) is 1. The molecule has 1 aliphatic carbocycles. The van der Waals surface area contributed by atoms with Crippen molar-refractivity contribution in [3.8, 4) is 0 Å². The highest BCUT2D eigenvalue weighted by Crippen LogP contribution is 2.31. The first-order valence-electron chi connectivity index (χ1n) is 20.6. The van der Waals surface area contributed by atoms with Crippen LogP contribution < -0.4 is 27.0 Å². The SMILES string of the molecule is CCCCC(NC(=O)C1CC(OCc2ccccc2)CN1C(=O)C(NC(=O)c1ccccc1[N+](=O)[O-])C1CCCCC1)C(=O)C(=O)NCC(=O)NC(C(N)=O)c1ccccc1. The Labute approximate surface area is 353 Å². The highest BCUT2D eigenvalue weighted by atomic mass is 16.6. The Morgan fingerprint density at radius 2 is 1.52 bits per heavy atom. The van der Waals surface area contributed by atoms with Gasteiger partial charge in [-0.2, -0.15) is 0 Å². The van der Waals surface area contributed by atoms with Crippen molar-refractivity contribution in [1.82, 2.24) is 26.2 Å². The van der Waals surface area contributed by atoms with Crippen LogP contribution in [0.5, 0.6) is 0 Å². The molecule has 1 saturated heterocycles. The molecule has 6 amide bonds. The van der Waals surface area contributed by atoms with Crippen molar-refractivity contribution in [3.63, 3.8) is 0 Å². The van der Waals surface area contributed by atoms with Crippen molar-refractivity contribution < 1.29 is 43.2 Å². The minimum Gasteiger partial charge on any atom is -0.372 e. The first kappa shape index (κ1) is 45.6. The van der Waals surface area contributed by atoms with Crippen molar-refractivity contribution >= 4 is 46.9 Å². The zero-order valence-corrected chi connectivity index (χ0v) is 34.1. The van der Waals surface area contributed by atoms with Gasteiger partial charge in [-0.1, -0.05) is 112 Å². The van der Waals surface area contributed by atoms with Gasteiger partial charge in [-0.3, -0.25) is 43.7 Å². The molecule has 2 aliphatic rings. The minimum absolute atomic E-state index is 0.0311. The van der Waals surface area contributed by atoms with Crippen molar-refractivity contribution in [1.29, 1.82) is 0 Å². The average Bonchev–Trinajstić information content (AvgIpc) is 3.72. The number of rotatable bonds is 20. The zero-order valence-electron chi connectivity index (χ0n) is 34.1. The number of nitro benzene ring substituents is 1. The number of nitrogens with zero attached hydrogens (tertiary/aromatic N) is 2. The molecule has 324 valence electrons. The molecule has 5 unspecified atom stereocenters. The molecule has 0 spiro atoms. The van der Waals surface area contributed by atoms with E-state index in [1.54, 1.807) is 30.3 Å². The van der Waals surface area contributed by atoms with E-state index < -0.39 is 88.7 Å². The Morgan fingerprint density at radius 1 is 0.869 bits per heavy atom. The Hall–Kier alpha value is -6.49. The summed E-state index contributed by atoms with van der Waals surface area (Å²) in [6, 6.07) is 18.2. The molecule has 1 aliphatic heterocycles. The third-order valence-electron chi connectivity index (χ3n) is 11.0. The smallest absolute Gasteiger partial charge is 0.290 e. The largest absolute Gasteiger partial charge is 0.372 e.